The van der Waals surface area contributed by atoms with Gasteiger partial charge in [-0.15, -0.1) is 0 Å². The fourth-order valence-corrected chi connectivity index (χ4v) is 1.90. The second-order valence-electron chi connectivity index (χ2n) is 4.20. The number of benzene rings is 1. The third-order valence-corrected chi connectivity index (χ3v) is 3.03. The number of hydrogen-bond acceptors (Lipinski definition) is 3. The van der Waals surface area contributed by atoms with Crippen molar-refractivity contribution in [3.05, 3.63) is 28.2 Å². The first-order chi connectivity index (χ1) is 8.40. The molecule has 1 amide bonds. The summed E-state index contributed by atoms with van der Waals surface area (Å²) in [5.74, 6) is -0.206. The summed E-state index contributed by atoms with van der Waals surface area (Å²) < 4.78 is 0. The van der Waals surface area contributed by atoms with Crippen molar-refractivity contribution in [1.29, 1.82) is 0 Å². The average molecular weight is 291 g/mol. The molecule has 1 rings (SSSR count). The minimum absolute atomic E-state index is 0.174. The van der Waals surface area contributed by atoms with E-state index in [-0.39, 0.29) is 12.5 Å². The fourth-order valence-electron chi connectivity index (χ4n) is 1.55. The van der Waals surface area contributed by atoms with Gasteiger partial charge in [0.05, 0.1) is 28.4 Å². The number of likely N-dealkylation sites (N-methyl/N-ethyl adjacent to an activating group) is 1. The molecule has 100 valence electrons. The molecule has 0 bridgehead atoms. The number of carbonyl (C=O) groups is 1. The van der Waals surface area contributed by atoms with Crippen molar-refractivity contribution >= 4 is 34.8 Å². The Bertz CT molecular complexity index is 425. The normalized spacial score (nSPS) is 12.6. The van der Waals surface area contributed by atoms with Crippen molar-refractivity contribution in [2.45, 2.75) is 13.0 Å². The molecule has 1 unspecified atom stereocenters. The Morgan fingerprint density at radius 2 is 2.17 bits per heavy atom. The summed E-state index contributed by atoms with van der Waals surface area (Å²) in [6.07, 6.45) is -0.474. The van der Waals surface area contributed by atoms with E-state index in [0.717, 1.165) is 0 Å². The number of aliphatic hydroxyl groups is 1. The molecule has 0 aliphatic heterocycles. The van der Waals surface area contributed by atoms with Crippen molar-refractivity contribution in [2.75, 3.05) is 25.5 Å². The van der Waals surface area contributed by atoms with Crippen LogP contribution in [0.25, 0.3) is 0 Å². The summed E-state index contributed by atoms with van der Waals surface area (Å²) in [6.45, 7) is 2.27. The number of halogens is 2. The van der Waals surface area contributed by atoms with Gasteiger partial charge in [-0.25, -0.2) is 0 Å². The van der Waals surface area contributed by atoms with Crippen molar-refractivity contribution in [1.82, 2.24) is 4.90 Å². The summed E-state index contributed by atoms with van der Waals surface area (Å²) in [7, 11) is 1.76. The van der Waals surface area contributed by atoms with Crippen molar-refractivity contribution in [3.8, 4) is 0 Å². The first-order valence-corrected chi connectivity index (χ1v) is 6.26. The van der Waals surface area contributed by atoms with Gasteiger partial charge in [0.15, 0.2) is 0 Å². The zero-order chi connectivity index (χ0) is 13.7. The molecule has 1 atom stereocenters. The van der Waals surface area contributed by atoms with Gasteiger partial charge in [-0.1, -0.05) is 29.3 Å². The number of nitrogens with one attached hydrogen (secondary N) is 1. The minimum Gasteiger partial charge on any atom is -0.392 e. The fraction of sp³-hybridized carbons (Fsp3) is 0.417. The van der Waals surface area contributed by atoms with Crippen LogP contribution in [0, 0.1) is 0 Å². The van der Waals surface area contributed by atoms with E-state index in [0.29, 0.717) is 22.3 Å². The van der Waals surface area contributed by atoms with E-state index in [9.17, 15) is 9.90 Å². The third-order valence-electron chi connectivity index (χ3n) is 2.22. The summed E-state index contributed by atoms with van der Waals surface area (Å²) >= 11 is 11.8. The number of aliphatic hydroxyl groups excluding tert-OH is 1. The zero-order valence-electron chi connectivity index (χ0n) is 10.3. The molecule has 0 heterocycles. The van der Waals surface area contributed by atoms with Crippen LogP contribution in [0.2, 0.25) is 10.0 Å². The molecule has 1 aromatic rings. The van der Waals surface area contributed by atoms with E-state index in [1.807, 2.05) is 0 Å². The van der Waals surface area contributed by atoms with Crippen LogP contribution < -0.4 is 5.32 Å². The highest BCUT2D eigenvalue weighted by Gasteiger charge is 2.11. The molecule has 1 aromatic carbocycles. The molecular weight excluding hydrogens is 275 g/mol. The number of anilines is 1. The summed E-state index contributed by atoms with van der Waals surface area (Å²) in [6, 6.07) is 5.04. The predicted molar refractivity (Wildman–Crippen MR) is 74.3 cm³/mol. The standard InChI is InChI=1S/C12H16Cl2N2O2/c1-8(17)6-16(2)7-11(18)15-10-5-3-4-9(13)12(10)14/h3-5,8,17H,6-7H2,1-2H3,(H,15,18). The molecule has 4 nitrogen and oxygen atoms in total. The van der Waals surface area contributed by atoms with Gasteiger partial charge in [-0.05, 0) is 26.1 Å². The number of nitrogens with zero attached hydrogens (tertiary/aromatic N) is 1. The summed E-state index contributed by atoms with van der Waals surface area (Å²) in [4.78, 5) is 13.5. The number of rotatable bonds is 5. The molecule has 0 saturated heterocycles. The zero-order valence-corrected chi connectivity index (χ0v) is 11.8. The van der Waals surface area contributed by atoms with Gasteiger partial charge in [-0.2, -0.15) is 0 Å². The Morgan fingerprint density at radius 1 is 1.50 bits per heavy atom. The molecular formula is C12H16Cl2N2O2. The summed E-state index contributed by atoms with van der Waals surface area (Å²) in [5, 5.41) is 12.6. The van der Waals surface area contributed by atoms with E-state index >= 15 is 0 Å². The van der Waals surface area contributed by atoms with Gasteiger partial charge in [0.25, 0.3) is 0 Å². The second-order valence-corrected chi connectivity index (χ2v) is 4.98. The lowest BCUT2D eigenvalue weighted by atomic mass is 10.3. The van der Waals surface area contributed by atoms with E-state index in [2.05, 4.69) is 5.32 Å². The number of carbonyl (C=O) groups excluding carboxylic acids is 1. The van der Waals surface area contributed by atoms with Crippen LogP contribution >= 0.6 is 23.2 Å². The van der Waals surface area contributed by atoms with Crippen LogP contribution in [0.15, 0.2) is 18.2 Å². The van der Waals surface area contributed by atoms with Gasteiger partial charge in [0, 0.05) is 6.54 Å². The molecule has 0 spiro atoms. The first kappa shape index (κ1) is 15.2. The predicted octanol–water partition coefficient (Wildman–Crippen LogP) is 2.24. The Kier molecular flexibility index (Phi) is 5.88. The van der Waals surface area contributed by atoms with Gasteiger partial charge in [-0.3, -0.25) is 9.69 Å². The molecule has 0 aliphatic rings. The highest BCUT2D eigenvalue weighted by atomic mass is 35.5. The average Bonchev–Trinajstić information content (AvgIpc) is 2.23. The van der Waals surface area contributed by atoms with Crippen LogP contribution in [0.1, 0.15) is 6.92 Å². The van der Waals surface area contributed by atoms with Crippen molar-refractivity contribution in [3.63, 3.8) is 0 Å². The highest BCUT2D eigenvalue weighted by Crippen LogP contribution is 2.29. The van der Waals surface area contributed by atoms with Crippen LogP contribution in [0.3, 0.4) is 0 Å². The van der Waals surface area contributed by atoms with Gasteiger partial charge in [0.2, 0.25) is 5.91 Å². The Morgan fingerprint density at radius 3 is 2.78 bits per heavy atom. The van der Waals surface area contributed by atoms with Crippen molar-refractivity contribution < 1.29 is 9.90 Å². The molecule has 2 N–H and O–H groups in total. The smallest absolute Gasteiger partial charge is 0.238 e. The Balaban J connectivity index is 2.57. The molecule has 0 saturated carbocycles. The van der Waals surface area contributed by atoms with E-state index in [4.69, 9.17) is 23.2 Å². The van der Waals surface area contributed by atoms with Crippen LogP contribution in [-0.2, 0) is 4.79 Å². The maximum absolute atomic E-state index is 11.7. The number of hydrogen-bond donors (Lipinski definition) is 2. The highest BCUT2D eigenvalue weighted by molar-refractivity contribution is 6.43. The van der Waals surface area contributed by atoms with E-state index in [1.54, 1.807) is 37.1 Å². The summed E-state index contributed by atoms with van der Waals surface area (Å²) in [5.41, 5.74) is 0.486. The van der Waals surface area contributed by atoms with Crippen LogP contribution in [0.4, 0.5) is 5.69 Å². The molecule has 0 aromatic heterocycles. The molecule has 0 aliphatic carbocycles. The third kappa shape index (κ3) is 4.82. The molecule has 0 fully saturated rings. The lowest BCUT2D eigenvalue weighted by Crippen LogP contribution is -2.34. The number of amides is 1. The van der Waals surface area contributed by atoms with Gasteiger partial charge >= 0.3 is 0 Å². The molecule has 0 radical (unpaired) electrons. The molecule has 6 heteroatoms. The Labute approximate surface area is 116 Å². The first-order valence-electron chi connectivity index (χ1n) is 5.50. The second kappa shape index (κ2) is 6.95. The topological polar surface area (TPSA) is 52.6 Å². The van der Waals surface area contributed by atoms with E-state index in [1.165, 1.54) is 0 Å². The monoisotopic (exact) mass is 290 g/mol. The minimum atomic E-state index is -0.474. The quantitative estimate of drug-likeness (QED) is 0.875. The lowest BCUT2D eigenvalue weighted by molar-refractivity contribution is -0.117. The SMILES string of the molecule is CC(O)CN(C)CC(=O)Nc1cccc(Cl)c1Cl. The van der Waals surface area contributed by atoms with Gasteiger partial charge in [0.1, 0.15) is 0 Å². The van der Waals surface area contributed by atoms with Crippen molar-refractivity contribution in [2.24, 2.45) is 0 Å². The largest absolute Gasteiger partial charge is 0.392 e. The van der Waals surface area contributed by atoms with Gasteiger partial charge < -0.3 is 10.4 Å². The Hall–Kier alpha value is -0.810. The van der Waals surface area contributed by atoms with Crippen LogP contribution in [-0.4, -0.2) is 42.2 Å². The lowest BCUT2D eigenvalue weighted by Gasteiger charge is -2.18. The van der Waals surface area contributed by atoms with Crippen LogP contribution in [0.5, 0.6) is 0 Å². The molecule has 18 heavy (non-hydrogen) atoms. The van der Waals surface area contributed by atoms with E-state index < -0.39 is 6.10 Å². The maximum atomic E-state index is 11.7. The maximum Gasteiger partial charge on any atom is 0.238 e.